The summed E-state index contributed by atoms with van der Waals surface area (Å²) in [6.45, 7) is 6.14. The van der Waals surface area contributed by atoms with Crippen LogP contribution in [0.25, 0.3) is 0 Å². The van der Waals surface area contributed by atoms with Crippen LogP contribution in [0.3, 0.4) is 0 Å². The number of benzene rings is 1. The summed E-state index contributed by atoms with van der Waals surface area (Å²) in [4.78, 5) is 22.7. The Morgan fingerprint density at radius 3 is 2.38 bits per heavy atom. The van der Waals surface area contributed by atoms with E-state index < -0.39 is 5.97 Å². The molecule has 0 saturated heterocycles. The van der Waals surface area contributed by atoms with Crippen LogP contribution in [0.2, 0.25) is 5.02 Å². The third kappa shape index (κ3) is 4.93. The largest absolute Gasteiger partial charge is 0.478 e. The Kier molecular flexibility index (Phi) is 6.49. The van der Waals surface area contributed by atoms with Gasteiger partial charge in [-0.3, -0.25) is 0 Å². The van der Waals surface area contributed by atoms with Gasteiger partial charge in [-0.15, -0.1) is 0 Å². The maximum Gasteiger partial charge on any atom is 0.335 e. The summed E-state index contributed by atoms with van der Waals surface area (Å²) in [6, 6.07) is 3.89. The maximum atomic E-state index is 11.9. The molecule has 0 aliphatic carbocycles. The third-order valence-corrected chi connectivity index (χ3v) is 3.89. The Hall–Kier alpha value is -1.75. The zero-order valence-electron chi connectivity index (χ0n) is 12.4. The van der Waals surface area contributed by atoms with Gasteiger partial charge in [0.25, 0.3) is 0 Å². The number of rotatable bonds is 6. The van der Waals surface area contributed by atoms with E-state index >= 15 is 0 Å². The minimum atomic E-state index is -1.06. The molecule has 1 atom stereocenters. The summed E-state index contributed by atoms with van der Waals surface area (Å²) in [5.41, 5.74) is 0.465. The van der Waals surface area contributed by atoms with E-state index in [4.69, 9.17) is 16.7 Å². The molecule has 3 N–H and O–H groups in total. The number of hydrogen-bond donors (Lipinski definition) is 3. The number of carboxylic acids is 1. The van der Waals surface area contributed by atoms with E-state index in [9.17, 15) is 9.59 Å². The standard InChI is InChI=1S/C15H21ClN2O3/c1-4-10(5-2)9(3)17-15(21)18-13-7-6-11(14(19)20)8-12(13)16/h6-10H,4-5H2,1-3H3,(H,19,20)(H2,17,18,21). The lowest BCUT2D eigenvalue weighted by Crippen LogP contribution is -2.40. The summed E-state index contributed by atoms with van der Waals surface area (Å²) < 4.78 is 0. The number of carboxylic acid groups (broad SMARTS) is 1. The number of urea groups is 1. The highest BCUT2D eigenvalue weighted by atomic mass is 35.5. The first kappa shape index (κ1) is 17.3. The van der Waals surface area contributed by atoms with Crippen molar-refractivity contribution in [3.63, 3.8) is 0 Å². The molecule has 1 rings (SSSR count). The van der Waals surface area contributed by atoms with Crippen LogP contribution in [-0.4, -0.2) is 23.1 Å². The van der Waals surface area contributed by atoms with Crippen molar-refractivity contribution < 1.29 is 14.7 Å². The molecule has 0 fully saturated rings. The highest BCUT2D eigenvalue weighted by molar-refractivity contribution is 6.34. The number of anilines is 1. The van der Waals surface area contributed by atoms with Gasteiger partial charge in [-0.05, 0) is 31.0 Å². The van der Waals surface area contributed by atoms with Crippen LogP contribution in [0.15, 0.2) is 18.2 Å². The van der Waals surface area contributed by atoms with Gasteiger partial charge in [0.05, 0.1) is 16.3 Å². The molecule has 116 valence electrons. The molecule has 2 amide bonds. The van der Waals surface area contributed by atoms with Crippen molar-refractivity contribution in [3.8, 4) is 0 Å². The van der Waals surface area contributed by atoms with Gasteiger partial charge >= 0.3 is 12.0 Å². The van der Waals surface area contributed by atoms with E-state index in [1.54, 1.807) is 0 Å². The predicted octanol–water partition coefficient (Wildman–Crippen LogP) is 3.98. The van der Waals surface area contributed by atoms with E-state index in [1.165, 1.54) is 18.2 Å². The summed E-state index contributed by atoms with van der Waals surface area (Å²) in [7, 11) is 0. The number of nitrogens with one attached hydrogen (secondary N) is 2. The van der Waals surface area contributed by atoms with Crippen molar-refractivity contribution in [1.29, 1.82) is 0 Å². The Bertz CT molecular complexity index is 516. The molecule has 6 heteroatoms. The monoisotopic (exact) mass is 312 g/mol. The molecule has 0 spiro atoms. The molecule has 0 aliphatic heterocycles. The number of carbonyl (C=O) groups is 2. The van der Waals surface area contributed by atoms with Crippen molar-refractivity contribution in [3.05, 3.63) is 28.8 Å². The lowest BCUT2D eigenvalue weighted by Gasteiger charge is -2.22. The minimum Gasteiger partial charge on any atom is -0.478 e. The average molecular weight is 313 g/mol. The van der Waals surface area contributed by atoms with Gasteiger partial charge in [-0.1, -0.05) is 38.3 Å². The van der Waals surface area contributed by atoms with Gasteiger partial charge in [-0.25, -0.2) is 9.59 Å². The lowest BCUT2D eigenvalue weighted by atomic mass is 9.96. The molecule has 0 radical (unpaired) electrons. The summed E-state index contributed by atoms with van der Waals surface area (Å²) in [6.07, 6.45) is 1.98. The van der Waals surface area contributed by atoms with Crippen molar-refractivity contribution in [2.45, 2.75) is 39.7 Å². The number of amides is 2. The Morgan fingerprint density at radius 1 is 1.29 bits per heavy atom. The molecule has 1 unspecified atom stereocenters. The molecule has 21 heavy (non-hydrogen) atoms. The smallest absolute Gasteiger partial charge is 0.335 e. The lowest BCUT2D eigenvalue weighted by molar-refractivity contribution is 0.0697. The van der Waals surface area contributed by atoms with E-state index in [0.29, 0.717) is 11.6 Å². The SMILES string of the molecule is CCC(CC)C(C)NC(=O)Nc1ccc(C(=O)O)cc1Cl. The number of hydrogen-bond acceptors (Lipinski definition) is 2. The van der Waals surface area contributed by atoms with Crippen molar-refractivity contribution in [2.24, 2.45) is 5.92 Å². The molecule has 0 saturated carbocycles. The third-order valence-electron chi connectivity index (χ3n) is 3.58. The fourth-order valence-electron chi connectivity index (χ4n) is 2.23. The normalized spacial score (nSPS) is 12.0. The molecule has 5 nitrogen and oxygen atoms in total. The van der Waals surface area contributed by atoms with Crippen LogP contribution in [0.1, 0.15) is 44.0 Å². The van der Waals surface area contributed by atoms with Crippen LogP contribution in [0.4, 0.5) is 10.5 Å². The highest BCUT2D eigenvalue weighted by Crippen LogP contribution is 2.23. The average Bonchev–Trinajstić information content (AvgIpc) is 2.42. The molecular formula is C15H21ClN2O3. The molecule has 0 bridgehead atoms. The Morgan fingerprint density at radius 2 is 1.90 bits per heavy atom. The van der Waals surface area contributed by atoms with E-state index in [2.05, 4.69) is 24.5 Å². The van der Waals surface area contributed by atoms with Crippen LogP contribution in [0.5, 0.6) is 0 Å². The van der Waals surface area contributed by atoms with Crippen LogP contribution in [0, 0.1) is 5.92 Å². The summed E-state index contributed by atoms with van der Waals surface area (Å²) in [5, 5.41) is 14.6. The summed E-state index contributed by atoms with van der Waals surface area (Å²) in [5.74, 6) is -0.643. The first-order valence-corrected chi connectivity index (χ1v) is 7.37. The highest BCUT2D eigenvalue weighted by Gasteiger charge is 2.16. The van der Waals surface area contributed by atoms with Crippen molar-refractivity contribution in [2.75, 3.05) is 5.32 Å². The molecule has 0 aromatic heterocycles. The number of carbonyl (C=O) groups excluding carboxylic acids is 1. The molecule has 0 heterocycles. The van der Waals surface area contributed by atoms with Gasteiger partial charge in [0.1, 0.15) is 0 Å². The van der Waals surface area contributed by atoms with Gasteiger partial charge in [0, 0.05) is 6.04 Å². The van der Waals surface area contributed by atoms with Crippen molar-refractivity contribution >= 4 is 29.3 Å². The Labute approximate surface area is 129 Å². The first-order chi connectivity index (χ1) is 9.88. The van der Waals surface area contributed by atoms with E-state index in [0.717, 1.165) is 12.8 Å². The fourth-order valence-corrected chi connectivity index (χ4v) is 2.46. The predicted molar refractivity (Wildman–Crippen MR) is 84.1 cm³/mol. The van der Waals surface area contributed by atoms with Crippen LogP contribution < -0.4 is 10.6 Å². The zero-order chi connectivity index (χ0) is 16.0. The first-order valence-electron chi connectivity index (χ1n) is 6.99. The molecular weight excluding hydrogens is 292 g/mol. The van der Waals surface area contributed by atoms with Crippen molar-refractivity contribution in [1.82, 2.24) is 5.32 Å². The molecule has 1 aromatic carbocycles. The quantitative estimate of drug-likeness (QED) is 0.743. The van der Waals surface area contributed by atoms with Gasteiger partial charge in [-0.2, -0.15) is 0 Å². The molecule has 1 aromatic rings. The minimum absolute atomic E-state index is 0.0528. The van der Waals surface area contributed by atoms with Crippen LogP contribution in [-0.2, 0) is 0 Å². The van der Waals surface area contributed by atoms with Gasteiger partial charge in [0.15, 0.2) is 0 Å². The van der Waals surface area contributed by atoms with Crippen LogP contribution >= 0.6 is 11.6 Å². The van der Waals surface area contributed by atoms with Gasteiger partial charge < -0.3 is 15.7 Å². The Balaban J connectivity index is 2.69. The molecule has 0 aliphatic rings. The second-order valence-corrected chi connectivity index (χ2v) is 5.37. The van der Waals surface area contributed by atoms with E-state index in [-0.39, 0.29) is 22.7 Å². The second-order valence-electron chi connectivity index (χ2n) is 4.96. The fraction of sp³-hybridized carbons (Fsp3) is 0.467. The number of aromatic carboxylic acids is 1. The van der Waals surface area contributed by atoms with Gasteiger partial charge in [0.2, 0.25) is 0 Å². The van der Waals surface area contributed by atoms with E-state index in [1.807, 2.05) is 6.92 Å². The number of halogens is 1. The maximum absolute atomic E-state index is 11.9. The second kappa shape index (κ2) is 7.88. The summed E-state index contributed by atoms with van der Waals surface area (Å²) >= 11 is 5.97. The zero-order valence-corrected chi connectivity index (χ0v) is 13.2. The topological polar surface area (TPSA) is 78.4 Å².